The average Bonchev–Trinajstić information content (AvgIpc) is 3.03. The summed E-state index contributed by atoms with van der Waals surface area (Å²) in [6, 6.07) is 10.5. The summed E-state index contributed by atoms with van der Waals surface area (Å²) in [5.41, 5.74) is 2.46. The number of rotatable bonds is 6. The molecule has 0 saturated carbocycles. The Morgan fingerprint density at radius 1 is 1.04 bits per heavy atom. The van der Waals surface area contributed by atoms with E-state index in [9.17, 15) is 9.59 Å². The molecule has 0 aliphatic carbocycles. The highest BCUT2D eigenvalue weighted by Gasteiger charge is 2.14. The molecular formula is C20H20N2O5. The molecule has 7 heteroatoms. The van der Waals surface area contributed by atoms with Gasteiger partial charge in [0.15, 0.2) is 0 Å². The van der Waals surface area contributed by atoms with Crippen LogP contribution in [0.1, 0.15) is 12.5 Å². The molecule has 1 aromatic heterocycles. The van der Waals surface area contributed by atoms with Gasteiger partial charge >= 0.3 is 0 Å². The van der Waals surface area contributed by atoms with Crippen molar-refractivity contribution in [2.45, 2.75) is 13.3 Å². The number of hydrogen-bond donors (Lipinski definition) is 2. The third-order valence-corrected chi connectivity index (χ3v) is 4.01. The maximum absolute atomic E-state index is 12.5. The number of carbonyl (C=O) groups is 2. The molecule has 27 heavy (non-hydrogen) atoms. The molecule has 0 radical (unpaired) electrons. The van der Waals surface area contributed by atoms with Gasteiger partial charge in [-0.1, -0.05) is 0 Å². The van der Waals surface area contributed by atoms with Gasteiger partial charge in [0, 0.05) is 29.6 Å². The highest BCUT2D eigenvalue weighted by Crippen LogP contribution is 2.29. The lowest BCUT2D eigenvalue weighted by molar-refractivity contribution is -0.115. The second kappa shape index (κ2) is 7.82. The highest BCUT2D eigenvalue weighted by molar-refractivity contribution is 5.97. The molecule has 2 aromatic carbocycles. The fraction of sp³-hybridized carbons (Fsp3) is 0.200. The number of methoxy groups -OCH3 is 2. The number of fused-ring (bicyclic) bond motifs is 1. The van der Waals surface area contributed by atoms with Crippen LogP contribution in [0.15, 0.2) is 47.1 Å². The highest BCUT2D eigenvalue weighted by atomic mass is 16.5. The molecule has 2 N–H and O–H groups in total. The van der Waals surface area contributed by atoms with Crippen LogP contribution in [-0.2, 0) is 16.0 Å². The number of ether oxygens (including phenoxy) is 2. The quantitative estimate of drug-likeness (QED) is 0.694. The smallest absolute Gasteiger partial charge is 0.229 e. The van der Waals surface area contributed by atoms with Crippen molar-refractivity contribution >= 4 is 34.2 Å². The van der Waals surface area contributed by atoms with Gasteiger partial charge in [0.25, 0.3) is 0 Å². The van der Waals surface area contributed by atoms with E-state index in [1.54, 1.807) is 37.6 Å². The summed E-state index contributed by atoms with van der Waals surface area (Å²) in [5.74, 6) is 0.760. The SMILES string of the molecule is COc1ccc2c(CC(=O)Nc3cc(NC(C)=O)ccc3OC)coc2c1. The molecule has 0 fully saturated rings. The molecule has 0 atom stereocenters. The summed E-state index contributed by atoms with van der Waals surface area (Å²) in [4.78, 5) is 23.8. The van der Waals surface area contributed by atoms with Crippen molar-refractivity contribution in [3.05, 3.63) is 48.2 Å². The number of anilines is 2. The summed E-state index contributed by atoms with van der Waals surface area (Å²) < 4.78 is 16.0. The van der Waals surface area contributed by atoms with Crippen molar-refractivity contribution in [2.24, 2.45) is 0 Å². The van der Waals surface area contributed by atoms with Gasteiger partial charge in [-0.05, 0) is 30.3 Å². The van der Waals surface area contributed by atoms with Gasteiger partial charge in [-0.15, -0.1) is 0 Å². The van der Waals surface area contributed by atoms with Crippen LogP contribution < -0.4 is 20.1 Å². The maximum atomic E-state index is 12.5. The standard InChI is InChI=1S/C20H20N2O5/c1-12(23)21-14-4-7-18(26-3)17(9-14)22-20(24)8-13-11-27-19-10-15(25-2)5-6-16(13)19/h4-7,9-11H,8H2,1-3H3,(H,21,23)(H,22,24). The summed E-state index contributed by atoms with van der Waals surface area (Å²) in [5, 5.41) is 6.35. The van der Waals surface area contributed by atoms with Crippen LogP contribution in [0.5, 0.6) is 11.5 Å². The van der Waals surface area contributed by atoms with Crippen molar-refractivity contribution in [3.63, 3.8) is 0 Å². The van der Waals surface area contributed by atoms with E-state index in [0.717, 1.165) is 10.9 Å². The summed E-state index contributed by atoms with van der Waals surface area (Å²) in [7, 11) is 3.10. The molecule has 0 unspecified atom stereocenters. The summed E-state index contributed by atoms with van der Waals surface area (Å²) in [6.45, 7) is 1.42. The van der Waals surface area contributed by atoms with E-state index >= 15 is 0 Å². The van der Waals surface area contributed by atoms with Crippen molar-refractivity contribution in [1.29, 1.82) is 0 Å². The maximum Gasteiger partial charge on any atom is 0.229 e. The normalized spacial score (nSPS) is 10.5. The molecule has 1 heterocycles. The molecule has 3 rings (SSSR count). The minimum atomic E-state index is -0.230. The largest absolute Gasteiger partial charge is 0.497 e. The first-order valence-electron chi connectivity index (χ1n) is 8.29. The van der Waals surface area contributed by atoms with Crippen molar-refractivity contribution in [2.75, 3.05) is 24.9 Å². The minimum absolute atomic E-state index is 0.132. The molecule has 0 aliphatic rings. The van der Waals surface area contributed by atoms with Crippen molar-refractivity contribution in [3.8, 4) is 11.5 Å². The average molecular weight is 368 g/mol. The van der Waals surface area contributed by atoms with E-state index in [1.165, 1.54) is 14.0 Å². The minimum Gasteiger partial charge on any atom is -0.497 e. The zero-order chi connectivity index (χ0) is 19.4. The second-order valence-electron chi connectivity index (χ2n) is 5.94. The van der Waals surface area contributed by atoms with Crippen LogP contribution in [0.4, 0.5) is 11.4 Å². The zero-order valence-electron chi connectivity index (χ0n) is 15.3. The number of carbonyl (C=O) groups excluding carboxylic acids is 2. The van der Waals surface area contributed by atoms with Crippen LogP contribution in [0.25, 0.3) is 11.0 Å². The monoisotopic (exact) mass is 368 g/mol. The molecule has 3 aromatic rings. The zero-order valence-corrected chi connectivity index (χ0v) is 15.3. The van der Waals surface area contributed by atoms with E-state index in [0.29, 0.717) is 28.5 Å². The first kappa shape index (κ1) is 18.3. The molecule has 0 bridgehead atoms. The van der Waals surface area contributed by atoms with Crippen LogP contribution in [-0.4, -0.2) is 26.0 Å². The Kier molecular flexibility index (Phi) is 5.30. The molecule has 7 nitrogen and oxygen atoms in total. The number of amides is 2. The molecule has 0 aliphatic heterocycles. The van der Waals surface area contributed by atoms with Crippen LogP contribution in [0.2, 0.25) is 0 Å². The first-order valence-corrected chi connectivity index (χ1v) is 8.29. The Morgan fingerprint density at radius 3 is 2.56 bits per heavy atom. The predicted octanol–water partition coefficient (Wildman–Crippen LogP) is 3.59. The third-order valence-electron chi connectivity index (χ3n) is 4.01. The fourth-order valence-corrected chi connectivity index (χ4v) is 2.78. The van der Waals surface area contributed by atoms with Crippen molar-refractivity contribution in [1.82, 2.24) is 0 Å². The molecule has 0 saturated heterocycles. The lowest BCUT2D eigenvalue weighted by atomic mass is 10.1. The fourth-order valence-electron chi connectivity index (χ4n) is 2.78. The van der Waals surface area contributed by atoms with Crippen LogP contribution in [0, 0.1) is 0 Å². The van der Waals surface area contributed by atoms with E-state index < -0.39 is 0 Å². The Morgan fingerprint density at radius 2 is 1.85 bits per heavy atom. The Balaban J connectivity index is 1.78. The Labute approximate surface area is 156 Å². The van der Waals surface area contributed by atoms with E-state index in [4.69, 9.17) is 13.9 Å². The van der Waals surface area contributed by atoms with Crippen molar-refractivity contribution < 1.29 is 23.5 Å². The van der Waals surface area contributed by atoms with E-state index in [2.05, 4.69) is 10.6 Å². The lowest BCUT2D eigenvalue weighted by Crippen LogP contribution is -2.15. The molecular weight excluding hydrogens is 348 g/mol. The van der Waals surface area contributed by atoms with Gasteiger partial charge in [0.2, 0.25) is 11.8 Å². The van der Waals surface area contributed by atoms with Gasteiger partial charge in [-0.25, -0.2) is 0 Å². The topological polar surface area (TPSA) is 89.8 Å². The number of benzene rings is 2. The Hall–Kier alpha value is -3.48. The molecule has 140 valence electrons. The van der Waals surface area contributed by atoms with E-state index in [1.807, 2.05) is 12.1 Å². The van der Waals surface area contributed by atoms with Gasteiger partial charge in [-0.3, -0.25) is 9.59 Å². The third kappa shape index (κ3) is 4.20. The predicted molar refractivity (Wildman–Crippen MR) is 102 cm³/mol. The summed E-state index contributed by atoms with van der Waals surface area (Å²) >= 11 is 0. The van der Waals surface area contributed by atoms with Gasteiger partial charge < -0.3 is 24.5 Å². The van der Waals surface area contributed by atoms with Crippen LogP contribution >= 0.6 is 0 Å². The van der Waals surface area contributed by atoms with Crippen LogP contribution in [0.3, 0.4) is 0 Å². The number of hydrogen-bond acceptors (Lipinski definition) is 5. The van der Waals surface area contributed by atoms with Gasteiger partial charge in [-0.2, -0.15) is 0 Å². The first-order chi connectivity index (χ1) is 13.0. The number of nitrogens with one attached hydrogen (secondary N) is 2. The van der Waals surface area contributed by atoms with E-state index in [-0.39, 0.29) is 18.2 Å². The summed E-state index contributed by atoms with van der Waals surface area (Å²) in [6.07, 6.45) is 1.70. The molecule has 2 amide bonds. The lowest BCUT2D eigenvalue weighted by Gasteiger charge is -2.12. The molecule has 0 spiro atoms. The van der Waals surface area contributed by atoms with Gasteiger partial charge in [0.1, 0.15) is 17.1 Å². The van der Waals surface area contributed by atoms with Gasteiger partial charge in [0.05, 0.1) is 32.6 Å². The number of furan rings is 1. The Bertz CT molecular complexity index is 993. The second-order valence-corrected chi connectivity index (χ2v) is 5.94.